The van der Waals surface area contributed by atoms with Gasteiger partial charge in [0.15, 0.2) is 0 Å². The first-order valence-corrected chi connectivity index (χ1v) is 11.3. The standard InChI is InChI=1S/C27H26N4O3/c1-17-12-14-31(25-6-4-3-5-23(25)29-17)26(32)20-7-9-21(24(16-20)30-27(33)34-2)18-8-10-22-19(15-18)11-13-28-22/h3-11,13,15-17,28-29H,12,14H2,1-2H3,(H,30,33). The number of hydrogen-bond acceptors (Lipinski definition) is 4. The van der Waals surface area contributed by atoms with E-state index in [2.05, 4.69) is 22.5 Å². The Morgan fingerprint density at radius 1 is 1.06 bits per heavy atom. The third kappa shape index (κ3) is 4.08. The molecule has 2 heterocycles. The van der Waals surface area contributed by atoms with Crippen LogP contribution in [0.3, 0.4) is 0 Å². The van der Waals surface area contributed by atoms with E-state index in [9.17, 15) is 9.59 Å². The number of aromatic nitrogens is 1. The van der Waals surface area contributed by atoms with E-state index in [-0.39, 0.29) is 11.9 Å². The summed E-state index contributed by atoms with van der Waals surface area (Å²) in [4.78, 5) is 30.8. The molecule has 7 heteroatoms. The number of benzene rings is 3. The molecule has 0 fully saturated rings. The highest BCUT2D eigenvalue weighted by Crippen LogP contribution is 2.34. The minimum atomic E-state index is -0.591. The van der Waals surface area contributed by atoms with Crippen LogP contribution in [0.15, 0.2) is 72.9 Å². The van der Waals surface area contributed by atoms with E-state index < -0.39 is 6.09 Å². The van der Waals surface area contributed by atoms with Crippen molar-refractivity contribution in [2.75, 3.05) is 29.2 Å². The number of carbonyl (C=O) groups is 2. The zero-order valence-electron chi connectivity index (χ0n) is 19.1. The van der Waals surface area contributed by atoms with Crippen LogP contribution in [0.5, 0.6) is 0 Å². The van der Waals surface area contributed by atoms with Gasteiger partial charge in [-0.2, -0.15) is 0 Å². The zero-order chi connectivity index (χ0) is 23.7. The van der Waals surface area contributed by atoms with Crippen molar-refractivity contribution >= 4 is 40.0 Å². The fourth-order valence-electron chi connectivity index (χ4n) is 4.39. The first kappa shape index (κ1) is 21.6. The lowest BCUT2D eigenvalue weighted by Crippen LogP contribution is -2.32. The number of para-hydroxylation sites is 2. The van der Waals surface area contributed by atoms with Crippen LogP contribution in [0, 0.1) is 0 Å². The average molecular weight is 455 g/mol. The minimum absolute atomic E-state index is 0.121. The fourth-order valence-corrected chi connectivity index (χ4v) is 4.39. The molecule has 5 rings (SSSR count). The highest BCUT2D eigenvalue weighted by Gasteiger charge is 2.25. The fraction of sp³-hybridized carbons (Fsp3) is 0.185. The Hall–Kier alpha value is -4.26. The number of amides is 2. The molecule has 0 aliphatic carbocycles. The quantitative estimate of drug-likeness (QED) is 0.362. The summed E-state index contributed by atoms with van der Waals surface area (Å²) in [7, 11) is 1.32. The van der Waals surface area contributed by atoms with Gasteiger partial charge in [-0.3, -0.25) is 10.1 Å². The molecule has 0 saturated heterocycles. The summed E-state index contributed by atoms with van der Waals surface area (Å²) in [5.41, 5.74) is 5.55. The van der Waals surface area contributed by atoms with Crippen LogP contribution in [0.2, 0.25) is 0 Å². The molecule has 1 aliphatic rings. The van der Waals surface area contributed by atoms with E-state index in [1.165, 1.54) is 7.11 Å². The third-order valence-electron chi connectivity index (χ3n) is 6.18. The molecule has 0 saturated carbocycles. The number of hydrogen-bond donors (Lipinski definition) is 3. The number of aromatic amines is 1. The summed E-state index contributed by atoms with van der Waals surface area (Å²) in [5.74, 6) is -0.121. The maximum absolute atomic E-state index is 13.7. The molecule has 1 aliphatic heterocycles. The van der Waals surface area contributed by atoms with Gasteiger partial charge in [-0.25, -0.2) is 4.79 Å². The molecule has 1 unspecified atom stereocenters. The first-order chi connectivity index (χ1) is 16.5. The van der Waals surface area contributed by atoms with Crippen LogP contribution in [0.1, 0.15) is 23.7 Å². The summed E-state index contributed by atoms with van der Waals surface area (Å²) < 4.78 is 4.84. The summed E-state index contributed by atoms with van der Waals surface area (Å²) in [6, 6.07) is 21.5. The Morgan fingerprint density at radius 3 is 2.76 bits per heavy atom. The smallest absolute Gasteiger partial charge is 0.411 e. The monoisotopic (exact) mass is 454 g/mol. The number of H-pyrrole nitrogens is 1. The molecule has 3 aromatic carbocycles. The molecule has 3 N–H and O–H groups in total. The molecule has 0 bridgehead atoms. The second kappa shape index (κ2) is 8.94. The maximum atomic E-state index is 13.7. The van der Waals surface area contributed by atoms with Crippen molar-refractivity contribution in [2.45, 2.75) is 19.4 Å². The average Bonchev–Trinajstić information content (AvgIpc) is 3.25. The number of nitrogens with one attached hydrogen (secondary N) is 3. The van der Waals surface area contributed by atoms with Gasteiger partial charge in [0.2, 0.25) is 0 Å². The summed E-state index contributed by atoms with van der Waals surface area (Å²) in [6.07, 6.45) is 2.12. The number of carbonyl (C=O) groups excluding carboxylic acids is 2. The highest BCUT2D eigenvalue weighted by molar-refractivity contribution is 6.09. The van der Waals surface area contributed by atoms with Crippen molar-refractivity contribution in [3.8, 4) is 11.1 Å². The van der Waals surface area contributed by atoms with Crippen molar-refractivity contribution in [1.29, 1.82) is 0 Å². The lowest BCUT2D eigenvalue weighted by atomic mass is 9.99. The molecule has 1 atom stereocenters. The van der Waals surface area contributed by atoms with Gasteiger partial charge in [0.1, 0.15) is 0 Å². The molecule has 4 aromatic rings. The molecule has 2 amide bonds. The SMILES string of the molecule is COC(=O)Nc1cc(C(=O)N2CCC(C)Nc3ccccc32)ccc1-c1ccc2[nH]ccc2c1. The van der Waals surface area contributed by atoms with Gasteiger partial charge < -0.3 is 19.9 Å². The van der Waals surface area contributed by atoms with Crippen LogP contribution in [-0.4, -0.2) is 36.7 Å². The molecule has 0 radical (unpaired) electrons. The molecular weight excluding hydrogens is 428 g/mol. The van der Waals surface area contributed by atoms with Crippen molar-refractivity contribution in [2.24, 2.45) is 0 Å². The van der Waals surface area contributed by atoms with Gasteiger partial charge in [-0.15, -0.1) is 0 Å². The number of fused-ring (bicyclic) bond motifs is 2. The van der Waals surface area contributed by atoms with Crippen LogP contribution in [-0.2, 0) is 4.74 Å². The van der Waals surface area contributed by atoms with E-state index in [1.54, 1.807) is 11.0 Å². The van der Waals surface area contributed by atoms with E-state index in [0.717, 1.165) is 39.8 Å². The van der Waals surface area contributed by atoms with E-state index in [0.29, 0.717) is 17.8 Å². The Labute approximate surface area is 197 Å². The lowest BCUT2D eigenvalue weighted by molar-refractivity contribution is 0.0987. The molecule has 0 spiro atoms. The highest BCUT2D eigenvalue weighted by atomic mass is 16.5. The van der Waals surface area contributed by atoms with Crippen LogP contribution in [0.4, 0.5) is 21.9 Å². The predicted molar refractivity (Wildman–Crippen MR) is 136 cm³/mol. The van der Waals surface area contributed by atoms with Gasteiger partial charge >= 0.3 is 6.09 Å². The number of rotatable bonds is 3. The summed E-state index contributed by atoms with van der Waals surface area (Å²) in [6.45, 7) is 2.70. The van der Waals surface area contributed by atoms with Crippen molar-refractivity contribution in [3.05, 3.63) is 78.5 Å². The zero-order valence-corrected chi connectivity index (χ0v) is 19.1. The van der Waals surface area contributed by atoms with E-state index >= 15 is 0 Å². The Morgan fingerprint density at radius 2 is 1.91 bits per heavy atom. The summed E-state index contributed by atoms with van der Waals surface area (Å²) in [5, 5.41) is 7.32. The first-order valence-electron chi connectivity index (χ1n) is 11.3. The Bertz CT molecular complexity index is 1380. The lowest BCUT2D eigenvalue weighted by Gasteiger charge is -2.23. The van der Waals surface area contributed by atoms with E-state index in [4.69, 9.17) is 4.74 Å². The third-order valence-corrected chi connectivity index (χ3v) is 6.18. The number of anilines is 3. The van der Waals surface area contributed by atoms with Crippen LogP contribution in [0.25, 0.3) is 22.0 Å². The predicted octanol–water partition coefficient (Wildman–Crippen LogP) is 5.86. The van der Waals surface area contributed by atoms with Gasteiger partial charge in [0, 0.05) is 35.4 Å². The molecule has 34 heavy (non-hydrogen) atoms. The summed E-state index contributed by atoms with van der Waals surface area (Å²) >= 11 is 0. The van der Waals surface area contributed by atoms with E-state index in [1.807, 2.05) is 66.9 Å². The van der Waals surface area contributed by atoms with Crippen molar-refractivity contribution in [3.63, 3.8) is 0 Å². The Kier molecular flexibility index (Phi) is 5.67. The molecule has 7 nitrogen and oxygen atoms in total. The Balaban J connectivity index is 1.55. The van der Waals surface area contributed by atoms with Gasteiger partial charge in [0.05, 0.1) is 24.2 Å². The second-order valence-electron chi connectivity index (χ2n) is 8.46. The molecule has 1 aromatic heterocycles. The topological polar surface area (TPSA) is 86.5 Å². The number of methoxy groups -OCH3 is 1. The van der Waals surface area contributed by atoms with Crippen molar-refractivity contribution < 1.29 is 14.3 Å². The van der Waals surface area contributed by atoms with Gasteiger partial charge in [-0.05, 0) is 66.8 Å². The number of ether oxygens (including phenoxy) is 1. The number of nitrogens with zero attached hydrogens (tertiary/aromatic N) is 1. The minimum Gasteiger partial charge on any atom is -0.453 e. The maximum Gasteiger partial charge on any atom is 0.411 e. The van der Waals surface area contributed by atoms with Gasteiger partial charge in [0.25, 0.3) is 5.91 Å². The van der Waals surface area contributed by atoms with Crippen LogP contribution < -0.4 is 15.5 Å². The second-order valence-corrected chi connectivity index (χ2v) is 8.46. The largest absolute Gasteiger partial charge is 0.453 e. The van der Waals surface area contributed by atoms with Gasteiger partial charge in [-0.1, -0.05) is 24.3 Å². The van der Waals surface area contributed by atoms with Crippen molar-refractivity contribution in [1.82, 2.24) is 4.98 Å². The molecule has 172 valence electrons. The normalized spacial score (nSPS) is 15.2. The molecular formula is C27H26N4O3. The van der Waals surface area contributed by atoms with Crippen LogP contribution >= 0.6 is 0 Å².